The third-order valence-electron chi connectivity index (χ3n) is 3.60. The molecular formula is C20H17IN2O. The van der Waals surface area contributed by atoms with E-state index in [1.54, 1.807) is 0 Å². The van der Waals surface area contributed by atoms with E-state index < -0.39 is 0 Å². The van der Waals surface area contributed by atoms with Crippen LogP contribution in [0.25, 0.3) is 11.1 Å². The maximum Gasteiger partial charge on any atom is 0.243 e. The molecule has 24 heavy (non-hydrogen) atoms. The van der Waals surface area contributed by atoms with Crippen LogP contribution in [0, 0.1) is 3.57 Å². The Bertz CT molecular complexity index is 834. The molecule has 0 aliphatic carbocycles. The van der Waals surface area contributed by atoms with Crippen LogP contribution in [0.15, 0.2) is 78.9 Å². The Hall–Kier alpha value is -2.34. The molecule has 3 rings (SSSR count). The molecule has 0 atom stereocenters. The van der Waals surface area contributed by atoms with Gasteiger partial charge in [-0.2, -0.15) is 0 Å². The fraction of sp³-hybridized carbons (Fsp3) is 0.0500. The Morgan fingerprint density at radius 3 is 2.17 bits per heavy atom. The normalized spacial score (nSPS) is 10.2. The lowest BCUT2D eigenvalue weighted by Crippen LogP contribution is -2.22. The first-order chi connectivity index (χ1) is 11.7. The van der Waals surface area contributed by atoms with Gasteiger partial charge in [0.05, 0.1) is 6.54 Å². The predicted octanol–water partition coefficient (Wildman–Crippen LogP) is 5.01. The first-order valence-corrected chi connectivity index (χ1v) is 8.74. The minimum Gasteiger partial charge on any atom is -0.375 e. The summed E-state index contributed by atoms with van der Waals surface area (Å²) in [6.07, 6.45) is 0. The number of carbonyl (C=O) groups excluding carboxylic acids is 1. The van der Waals surface area contributed by atoms with Crippen molar-refractivity contribution in [3.8, 4) is 11.1 Å². The van der Waals surface area contributed by atoms with E-state index in [0.29, 0.717) is 0 Å². The van der Waals surface area contributed by atoms with Gasteiger partial charge in [0.2, 0.25) is 5.91 Å². The summed E-state index contributed by atoms with van der Waals surface area (Å²) < 4.78 is 1.09. The van der Waals surface area contributed by atoms with Crippen LogP contribution in [0.2, 0.25) is 0 Å². The van der Waals surface area contributed by atoms with Crippen LogP contribution in [-0.4, -0.2) is 12.5 Å². The molecule has 0 unspecified atom stereocenters. The molecule has 3 aromatic rings. The van der Waals surface area contributed by atoms with Gasteiger partial charge in [0.25, 0.3) is 0 Å². The third kappa shape index (κ3) is 4.14. The smallest absolute Gasteiger partial charge is 0.243 e. The van der Waals surface area contributed by atoms with Crippen molar-refractivity contribution in [3.63, 3.8) is 0 Å². The number of rotatable bonds is 5. The molecule has 3 nitrogen and oxygen atoms in total. The van der Waals surface area contributed by atoms with Crippen LogP contribution in [0.4, 0.5) is 11.4 Å². The van der Waals surface area contributed by atoms with Crippen molar-refractivity contribution in [3.05, 3.63) is 82.4 Å². The molecule has 0 fully saturated rings. The quantitative estimate of drug-likeness (QED) is 0.561. The molecule has 0 spiro atoms. The molecule has 2 N–H and O–H groups in total. The molecule has 0 saturated heterocycles. The first-order valence-electron chi connectivity index (χ1n) is 7.67. The van der Waals surface area contributed by atoms with Crippen molar-refractivity contribution in [2.75, 3.05) is 17.2 Å². The fourth-order valence-corrected chi connectivity index (χ4v) is 3.01. The summed E-state index contributed by atoms with van der Waals surface area (Å²) in [4.78, 5) is 12.3. The van der Waals surface area contributed by atoms with E-state index in [0.717, 1.165) is 26.1 Å². The Morgan fingerprint density at radius 2 is 1.42 bits per heavy atom. The summed E-state index contributed by atoms with van der Waals surface area (Å²) in [6, 6.07) is 25.8. The van der Waals surface area contributed by atoms with E-state index in [1.807, 2.05) is 78.9 Å². The largest absolute Gasteiger partial charge is 0.375 e. The van der Waals surface area contributed by atoms with Crippen molar-refractivity contribution >= 4 is 39.9 Å². The minimum atomic E-state index is -0.0713. The average Bonchev–Trinajstić information content (AvgIpc) is 2.62. The van der Waals surface area contributed by atoms with Crippen LogP contribution < -0.4 is 10.6 Å². The van der Waals surface area contributed by atoms with Gasteiger partial charge in [-0.25, -0.2) is 0 Å². The number of para-hydroxylation sites is 2. The number of amides is 1. The molecule has 1 amide bonds. The summed E-state index contributed by atoms with van der Waals surface area (Å²) in [6.45, 7) is 0.225. The zero-order valence-electron chi connectivity index (χ0n) is 13.0. The van der Waals surface area contributed by atoms with Gasteiger partial charge in [0.15, 0.2) is 0 Å². The Morgan fingerprint density at radius 1 is 0.792 bits per heavy atom. The standard InChI is InChI=1S/C20H17IN2O/c21-17-11-5-7-13-19(17)22-14-20(24)23-18-12-6-4-10-16(18)15-8-2-1-3-9-15/h1-13,22H,14H2,(H,23,24). The summed E-state index contributed by atoms with van der Waals surface area (Å²) >= 11 is 2.25. The van der Waals surface area contributed by atoms with Crippen molar-refractivity contribution in [2.24, 2.45) is 0 Å². The monoisotopic (exact) mass is 428 g/mol. The highest BCUT2D eigenvalue weighted by Gasteiger charge is 2.08. The number of hydrogen-bond donors (Lipinski definition) is 2. The number of carbonyl (C=O) groups is 1. The molecule has 0 bridgehead atoms. The van der Waals surface area contributed by atoms with Crippen LogP contribution in [0.5, 0.6) is 0 Å². The number of benzene rings is 3. The van der Waals surface area contributed by atoms with Gasteiger partial charge in [-0.05, 0) is 46.4 Å². The summed E-state index contributed by atoms with van der Waals surface area (Å²) in [5.74, 6) is -0.0713. The lowest BCUT2D eigenvalue weighted by molar-refractivity contribution is -0.114. The summed E-state index contributed by atoms with van der Waals surface area (Å²) in [5.41, 5.74) is 3.88. The highest BCUT2D eigenvalue weighted by atomic mass is 127. The van der Waals surface area contributed by atoms with E-state index >= 15 is 0 Å². The maximum absolute atomic E-state index is 12.3. The van der Waals surface area contributed by atoms with Crippen molar-refractivity contribution < 1.29 is 4.79 Å². The van der Waals surface area contributed by atoms with Gasteiger partial charge < -0.3 is 10.6 Å². The van der Waals surface area contributed by atoms with Gasteiger partial charge in [0.1, 0.15) is 0 Å². The second kappa shape index (κ2) is 7.97. The molecular weight excluding hydrogens is 411 g/mol. The zero-order valence-corrected chi connectivity index (χ0v) is 15.2. The Labute approximate surface area is 155 Å². The van der Waals surface area contributed by atoms with Gasteiger partial charge in [-0.3, -0.25) is 4.79 Å². The summed E-state index contributed by atoms with van der Waals surface area (Å²) in [5, 5.41) is 6.17. The second-order valence-corrected chi connectivity index (χ2v) is 6.46. The number of halogens is 1. The van der Waals surface area contributed by atoms with Crippen molar-refractivity contribution in [1.82, 2.24) is 0 Å². The van der Waals surface area contributed by atoms with Gasteiger partial charge in [-0.15, -0.1) is 0 Å². The molecule has 0 aromatic heterocycles. The number of anilines is 2. The lowest BCUT2D eigenvalue weighted by Gasteiger charge is -2.12. The molecule has 3 aromatic carbocycles. The van der Waals surface area contributed by atoms with Gasteiger partial charge >= 0.3 is 0 Å². The molecule has 0 aliphatic heterocycles. The molecule has 4 heteroatoms. The topological polar surface area (TPSA) is 41.1 Å². The van der Waals surface area contributed by atoms with E-state index in [4.69, 9.17) is 0 Å². The van der Waals surface area contributed by atoms with E-state index in [9.17, 15) is 4.79 Å². The highest BCUT2D eigenvalue weighted by Crippen LogP contribution is 2.27. The molecule has 120 valence electrons. The number of nitrogens with one attached hydrogen (secondary N) is 2. The molecule has 0 radical (unpaired) electrons. The van der Waals surface area contributed by atoms with Crippen LogP contribution in [0.3, 0.4) is 0 Å². The minimum absolute atomic E-state index is 0.0713. The van der Waals surface area contributed by atoms with Gasteiger partial charge in [-0.1, -0.05) is 60.7 Å². The average molecular weight is 428 g/mol. The maximum atomic E-state index is 12.3. The first kappa shape index (κ1) is 16.5. The van der Waals surface area contributed by atoms with Crippen molar-refractivity contribution in [2.45, 2.75) is 0 Å². The highest BCUT2D eigenvalue weighted by molar-refractivity contribution is 14.1. The molecule has 0 aliphatic rings. The Kier molecular flexibility index (Phi) is 5.48. The van der Waals surface area contributed by atoms with Crippen molar-refractivity contribution in [1.29, 1.82) is 0 Å². The van der Waals surface area contributed by atoms with Gasteiger partial charge in [0, 0.05) is 20.5 Å². The van der Waals surface area contributed by atoms with Crippen LogP contribution >= 0.6 is 22.6 Å². The predicted molar refractivity (Wildman–Crippen MR) is 108 cm³/mol. The molecule has 0 heterocycles. The zero-order chi connectivity index (χ0) is 16.8. The Balaban J connectivity index is 1.70. The van der Waals surface area contributed by atoms with Crippen LogP contribution in [0.1, 0.15) is 0 Å². The lowest BCUT2D eigenvalue weighted by atomic mass is 10.0. The molecule has 0 saturated carbocycles. The van der Waals surface area contributed by atoms with E-state index in [1.165, 1.54) is 0 Å². The third-order valence-corrected chi connectivity index (χ3v) is 4.54. The van der Waals surface area contributed by atoms with E-state index in [2.05, 4.69) is 33.2 Å². The number of hydrogen-bond acceptors (Lipinski definition) is 2. The second-order valence-electron chi connectivity index (χ2n) is 5.29. The van der Waals surface area contributed by atoms with Crippen LogP contribution in [-0.2, 0) is 4.79 Å². The summed E-state index contributed by atoms with van der Waals surface area (Å²) in [7, 11) is 0. The van der Waals surface area contributed by atoms with E-state index in [-0.39, 0.29) is 12.5 Å². The SMILES string of the molecule is O=C(CNc1ccccc1I)Nc1ccccc1-c1ccccc1. The fourth-order valence-electron chi connectivity index (χ4n) is 2.44.